The number of nitrogens with zero attached hydrogens (tertiary/aromatic N) is 6. The van der Waals surface area contributed by atoms with Crippen molar-refractivity contribution in [2.45, 2.75) is 11.7 Å². The highest BCUT2D eigenvalue weighted by atomic mass is 32.2. The van der Waals surface area contributed by atoms with Gasteiger partial charge in [-0.1, -0.05) is 42.1 Å². The first-order valence-electron chi connectivity index (χ1n) is 8.45. The van der Waals surface area contributed by atoms with E-state index >= 15 is 0 Å². The number of thioether (sulfide) groups is 1. The summed E-state index contributed by atoms with van der Waals surface area (Å²) >= 11 is 1.31. The Labute approximate surface area is 164 Å². The van der Waals surface area contributed by atoms with Gasteiger partial charge in [0.05, 0.1) is 12.3 Å². The summed E-state index contributed by atoms with van der Waals surface area (Å²) in [6.45, 7) is 0.595. The Kier molecular flexibility index (Phi) is 5.38. The summed E-state index contributed by atoms with van der Waals surface area (Å²) in [5, 5.41) is 18.2. The quantitative estimate of drug-likeness (QED) is 0.464. The molecule has 0 spiro atoms. The van der Waals surface area contributed by atoms with Gasteiger partial charge in [-0.3, -0.25) is 19.7 Å². The topological polar surface area (TPSA) is 114 Å². The number of anilines is 1. The fourth-order valence-electron chi connectivity index (χ4n) is 2.58. The van der Waals surface area contributed by atoms with Crippen molar-refractivity contribution in [3.05, 3.63) is 66.7 Å². The normalized spacial score (nSPS) is 10.7. The van der Waals surface area contributed by atoms with Gasteiger partial charge in [-0.2, -0.15) is 10.1 Å². The van der Waals surface area contributed by atoms with Crippen LogP contribution in [0, 0.1) is 0 Å². The van der Waals surface area contributed by atoms with Crippen molar-refractivity contribution in [1.29, 1.82) is 0 Å². The lowest BCUT2D eigenvalue weighted by Gasteiger charge is -2.10. The molecule has 0 saturated carbocycles. The van der Waals surface area contributed by atoms with Gasteiger partial charge in [0.25, 0.3) is 0 Å². The molecule has 0 fully saturated rings. The molecule has 3 heterocycles. The summed E-state index contributed by atoms with van der Waals surface area (Å²) in [6, 6.07) is 13.8. The number of rotatable bonds is 7. The lowest BCUT2D eigenvalue weighted by Crippen LogP contribution is -2.15. The molecule has 1 aromatic carbocycles. The fraction of sp³-hybridized carbons (Fsp3) is 0.111. The maximum atomic E-state index is 12.1. The summed E-state index contributed by atoms with van der Waals surface area (Å²) in [6.07, 6.45) is 4.77. The largest absolute Gasteiger partial charge is 0.298 e. The molecule has 0 aliphatic rings. The first kappa shape index (κ1) is 17.9. The molecule has 140 valence electrons. The van der Waals surface area contributed by atoms with Crippen LogP contribution in [0.15, 0.2) is 66.3 Å². The Balaban J connectivity index is 1.56. The zero-order chi connectivity index (χ0) is 19.2. The molecule has 0 radical (unpaired) electrons. The summed E-state index contributed by atoms with van der Waals surface area (Å²) in [7, 11) is 0. The molecule has 4 rings (SSSR count). The Morgan fingerprint density at radius 2 is 1.93 bits per heavy atom. The number of carbonyl (C=O) groups excluding carboxylic acids is 1. The Bertz CT molecular complexity index is 1030. The summed E-state index contributed by atoms with van der Waals surface area (Å²) in [5.41, 5.74) is 2.03. The van der Waals surface area contributed by atoms with Crippen LogP contribution in [0.25, 0.3) is 11.4 Å². The van der Waals surface area contributed by atoms with Crippen molar-refractivity contribution in [3.8, 4) is 11.4 Å². The minimum Gasteiger partial charge on any atom is -0.298 e. The predicted molar refractivity (Wildman–Crippen MR) is 105 cm³/mol. The van der Waals surface area contributed by atoms with Crippen LogP contribution in [0.3, 0.4) is 0 Å². The van der Waals surface area contributed by atoms with Crippen LogP contribution in [0.5, 0.6) is 0 Å². The maximum Gasteiger partial charge on any atom is 0.237 e. The number of benzene rings is 1. The molecule has 9 nitrogen and oxygen atoms in total. The van der Waals surface area contributed by atoms with E-state index in [4.69, 9.17) is 0 Å². The third kappa shape index (κ3) is 4.23. The van der Waals surface area contributed by atoms with Crippen molar-refractivity contribution in [1.82, 2.24) is 34.9 Å². The predicted octanol–water partition coefficient (Wildman–Crippen LogP) is 2.24. The Hall–Kier alpha value is -3.53. The number of aromatic amines is 1. The van der Waals surface area contributed by atoms with Gasteiger partial charge in [0, 0.05) is 18.0 Å². The SMILES string of the molecule is O=C(CSc1nnc(-c2ccncc2)n1Cc1ccccc1)Nc1ncn[nH]1. The highest BCUT2D eigenvalue weighted by Crippen LogP contribution is 2.25. The molecule has 2 N–H and O–H groups in total. The standard InChI is InChI=1S/C18H16N8OS/c27-15(22-17-20-12-21-24-17)11-28-18-25-23-16(14-6-8-19-9-7-14)26(18)10-13-4-2-1-3-5-13/h1-9,12H,10-11H2,(H2,20,21,22,24,27). The third-order valence-electron chi connectivity index (χ3n) is 3.84. The van der Waals surface area contributed by atoms with E-state index in [0.717, 1.165) is 17.0 Å². The highest BCUT2D eigenvalue weighted by molar-refractivity contribution is 7.99. The first-order valence-corrected chi connectivity index (χ1v) is 9.43. The number of hydrogen-bond donors (Lipinski definition) is 2. The molecule has 0 aliphatic carbocycles. The van der Waals surface area contributed by atoms with Gasteiger partial charge in [0.1, 0.15) is 6.33 Å². The number of hydrogen-bond acceptors (Lipinski definition) is 7. The molecule has 10 heteroatoms. The van der Waals surface area contributed by atoms with Gasteiger partial charge in [-0.25, -0.2) is 5.10 Å². The zero-order valence-electron chi connectivity index (χ0n) is 14.7. The van der Waals surface area contributed by atoms with Crippen LogP contribution in [-0.2, 0) is 11.3 Å². The molecule has 4 aromatic rings. The van der Waals surface area contributed by atoms with Crippen LogP contribution in [-0.4, -0.2) is 46.6 Å². The van der Waals surface area contributed by atoms with E-state index in [-0.39, 0.29) is 11.7 Å². The van der Waals surface area contributed by atoms with Crippen molar-refractivity contribution < 1.29 is 4.79 Å². The number of pyridine rings is 1. The van der Waals surface area contributed by atoms with Crippen LogP contribution in [0.2, 0.25) is 0 Å². The third-order valence-corrected chi connectivity index (χ3v) is 4.81. The molecule has 3 aromatic heterocycles. The smallest absolute Gasteiger partial charge is 0.237 e. The molecule has 0 unspecified atom stereocenters. The number of carbonyl (C=O) groups is 1. The molecule has 0 saturated heterocycles. The number of nitrogens with one attached hydrogen (secondary N) is 2. The minimum atomic E-state index is -0.207. The van der Waals surface area contributed by atoms with E-state index in [1.807, 2.05) is 47.0 Å². The van der Waals surface area contributed by atoms with Gasteiger partial charge < -0.3 is 0 Å². The second-order valence-electron chi connectivity index (χ2n) is 5.78. The second kappa shape index (κ2) is 8.44. The van der Waals surface area contributed by atoms with Crippen molar-refractivity contribution in [2.24, 2.45) is 0 Å². The van der Waals surface area contributed by atoms with Gasteiger partial charge >= 0.3 is 0 Å². The first-order chi connectivity index (χ1) is 13.8. The molecule has 0 atom stereocenters. The average Bonchev–Trinajstić information content (AvgIpc) is 3.38. The maximum absolute atomic E-state index is 12.1. The van der Waals surface area contributed by atoms with E-state index in [1.165, 1.54) is 18.1 Å². The van der Waals surface area contributed by atoms with Gasteiger partial charge in [-0.05, 0) is 17.7 Å². The number of amides is 1. The van der Waals surface area contributed by atoms with Gasteiger partial charge in [-0.15, -0.1) is 10.2 Å². The monoisotopic (exact) mass is 392 g/mol. The van der Waals surface area contributed by atoms with Crippen molar-refractivity contribution in [2.75, 3.05) is 11.1 Å². The van der Waals surface area contributed by atoms with Crippen LogP contribution >= 0.6 is 11.8 Å². The number of aromatic nitrogens is 7. The summed E-state index contributed by atoms with van der Waals surface area (Å²) in [4.78, 5) is 20.1. The second-order valence-corrected chi connectivity index (χ2v) is 6.73. The number of H-pyrrole nitrogens is 1. The molecular weight excluding hydrogens is 376 g/mol. The lowest BCUT2D eigenvalue weighted by molar-refractivity contribution is -0.113. The summed E-state index contributed by atoms with van der Waals surface area (Å²) in [5.74, 6) is 1.00. The Morgan fingerprint density at radius 3 is 2.68 bits per heavy atom. The molecule has 1 amide bonds. The van der Waals surface area contributed by atoms with E-state index in [2.05, 4.69) is 35.7 Å². The zero-order valence-corrected chi connectivity index (χ0v) is 15.5. The average molecular weight is 392 g/mol. The van der Waals surface area contributed by atoms with Gasteiger partial charge in [0.15, 0.2) is 11.0 Å². The Morgan fingerprint density at radius 1 is 1.11 bits per heavy atom. The minimum absolute atomic E-state index is 0.171. The molecule has 0 bridgehead atoms. The summed E-state index contributed by atoms with van der Waals surface area (Å²) < 4.78 is 2.00. The van der Waals surface area contributed by atoms with Crippen molar-refractivity contribution >= 4 is 23.6 Å². The van der Waals surface area contributed by atoms with Crippen LogP contribution < -0.4 is 5.32 Å². The van der Waals surface area contributed by atoms with Crippen LogP contribution in [0.4, 0.5) is 5.95 Å². The van der Waals surface area contributed by atoms with Gasteiger partial charge in [0.2, 0.25) is 11.9 Å². The van der Waals surface area contributed by atoms with E-state index in [9.17, 15) is 4.79 Å². The molecular formula is C18H16N8OS. The van der Waals surface area contributed by atoms with Crippen molar-refractivity contribution in [3.63, 3.8) is 0 Å². The molecule has 0 aliphatic heterocycles. The van der Waals surface area contributed by atoms with E-state index in [1.54, 1.807) is 12.4 Å². The highest BCUT2D eigenvalue weighted by Gasteiger charge is 2.16. The lowest BCUT2D eigenvalue weighted by atomic mass is 10.2. The molecule has 28 heavy (non-hydrogen) atoms. The van der Waals surface area contributed by atoms with Crippen LogP contribution in [0.1, 0.15) is 5.56 Å². The van der Waals surface area contributed by atoms with E-state index in [0.29, 0.717) is 17.6 Å². The van der Waals surface area contributed by atoms with E-state index < -0.39 is 0 Å². The fourth-order valence-corrected chi connectivity index (χ4v) is 3.32.